The highest BCUT2D eigenvalue weighted by Gasteiger charge is 2.42. The van der Waals surface area contributed by atoms with Crippen LogP contribution in [0.3, 0.4) is 0 Å². The number of anilines is 1. The van der Waals surface area contributed by atoms with Crippen molar-refractivity contribution in [2.45, 2.75) is 31.0 Å². The van der Waals surface area contributed by atoms with Crippen molar-refractivity contribution in [3.8, 4) is 0 Å². The van der Waals surface area contributed by atoms with Crippen LogP contribution in [0.15, 0.2) is 24.0 Å². The van der Waals surface area contributed by atoms with Crippen LogP contribution < -0.4 is 16.1 Å². The molecular weight excluding hydrogens is 525 g/mol. The predicted octanol–water partition coefficient (Wildman–Crippen LogP) is -0.611. The van der Waals surface area contributed by atoms with Crippen molar-refractivity contribution in [2.24, 2.45) is 10.7 Å². The number of imidazole rings is 1. The Bertz CT molecular complexity index is 1090. The summed E-state index contributed by atoms with van der Waals surface area (Å²) in [6.07, 6.45) is 0.243. The highest BCUT2D eigenvalue weighted by molar-refractivity contribution is 7.67. The molecule has 6 atom stereocenters. The van der Waals surface area contributed by atoms with Gasteiger partial charge in [0.25, 0.3) is 0 Å². The Balaban J connectivity index is 1.75. The van der Waals surface area contributed by atoms with Crippen LogP contribution in [0.2, 0.25) is 0 Å². The molecule has 0 aromatic carbocycles. The van der Waals surface area contributed by atoms with Crippen molar-refractivity contribution in [1.29, 1.82) is 0 Å². The van der Waals surface area contributed by atoms with E-state index in [0.29, 0.717) is 6.42 Å². The quantitative estimate of drug-likeness (QED) is 0.134. The third-order valence-electron chi connectivity index (χ3n) is 4.38. The predicted molar refractivity (Wildman–Crippen MR) is 113 cm³/mol. The minimum Gasteiger partial charge on any atom is -0.394 e. The first-order chi connectivity index (χ1) is 15.7. The number of phosphoric acid groups is 2. The van der Waals surface area contributed by atoms with Crippen molar-refractivity contribution in [1.82, 2.24) is 14.6 Å². The molecule has 1 fully saturated rings. The van der Waals surface area contributed by atoms with Gasteiger partial charge in [0.05, 0.1) is 25.6 Å². The van der Waals surface area contributed by atoms with Gasteiger partial charge >= 0.3 is 23.4 Å². The van der Waals surface area contributed by atoms with E-state index in [1.54, 1.807) is 11.2 Å². The highest BCUT2D eigenvalue weighted by atomic mass is 31.3. The topological polar surface area (TPSA) is 270 Å². The van der Waals surface area contributed by atoms with Gasteiger partial charge in [-0.1, -0.05) is 6.08 Å². The molecule has 1 aromatic heterocycles. The van der Waals surface area contributed by atoms with Gasteiger partial charge in [-0.3, -0.25) is 9.65 Å². The number of nitrogens with zero attached hydrogens (tertiary/aromatic N) is 3. The maximum absolute atomic E-state index is 12.2. The lowest BCUT2D eigenvalue weighted by molar-refractivity contribution is -0.0565. The fraction of sp³-hybridized carbons (Fsp3) is 0.538. The molecule has 0 aliphatic carbocycles. The SMILES string of the molecule is C=CCO[C@@H]1C[C@H](n2cnc3c2NC(NP(=O)(O)OP(=O)(O)OP(=O)(O)O)=NC3N)OC1CO. The molecule has 3 rings (SSSR count). The van der Waals surface area contributed by atoms with E-state index in [1.165, 1.54) is 10.9 Å². The average molecular weight is 548 g/mol. The molecule has 2 aliphatic rings. The lowest BCUT2D eigenvalue weighted by atomic mass is 10.2. The maximum Gasteiger partial charge on any atom is 0.489 e. The van der Waals surface area contributed by atoms with E-state index in [4.69, 9.17) is 25.0 Å². The van der Waals surface area contributed by atoms with Gasteiger partial charge in [-0.2, -0.15) is 8.62 Å². The molecule has 2 aliphatic heterocycles. The molecule has 4 unspecified atom stereocenters. The number of nitrogens with two attached hydrogens (primary N) is 1. The van der Waals surface area contributed by atoms with Crippen LogP contribution in [-0.2, 0) is 31.8 Å². The first-order valence-electron chi connectivity index (χ1n) is 9.31. The van der Waals surface area contributed by atoms with E-state index in [2.05, 4.69) is 30.5 Å². The van der Waals surface area contributed by atoms with Crippen LogP contribution in [0.25, 0.3) is 0 Å². The number of fused-ring (bicyclic) bond motifs is 1. The second-order valence-electron chi connectivity index (χ2n) is 6.90. The van der Waals surface area contributed by atoms with E-state index >= 15 is 0 Å². The Kier molecular flexibility index (Phi) is 8.17. The van der Waals surface area contributed by atoms with Gasteiger partial charge in [0.1, 0.15) is 30.0 Å². The fourth-order valence-corrected chi connectivity index (χ4v) is 6.31. The molecule has 21 heteroatoms. The molecule has 192 valence electrons. The van der Waals surface area contributed by atoms with Crippen LogP contribution in [0.4, 0.5) is 5.82 Å². The zero-order valence-electron chi connectivity index (χ0n) is 17.1. The molecule has 1 saturated heterocycles. The lowest BCUT2D eigenvalue weighted by Crippen LogP contribution is -2.35. The van der Waals surface area contributed by atoms with E-state index in [9.17, 15) is 28.6 Å². The summed E-state index contributed by atoms with van der Waals surface area (Å²) >= 11 is 0. The number of hydrogen-bond donors (Lipinski definition) is 8. The summed E-state index contributed by atoms with van der Waals surface area (Å²) in [6, 6.07) is 0. The number of aliphatic imine (C=N–C) groups is 1. The average Bonchev–Trinajstić information content (AvgIpc) is 3.26. The first-order valence-corrected chi connectivity index (χ1v) is 13.9. The van der Waals surface area contributed by atoms with Crippen LogP contribution in [-0.4, -0.2) is 65.6 Å². The van der Waals surface area contributed by atoms with E-state index < -0.39 is 54.0 Å². The molecular formula is C13H23N6O12P3. The third kappa shape index (κ3) is 6.80. The molecule has 3 heterocycles. The Hall–Kier alpha value is -1.49. The molecule has 0 bridgehead atoms. The Morgan fingerprint density at radius 3 is 2.65 bits per heavy atom. The number of aliphatic hydroxyl groups is 1. The summed E-state index contributed by atoms with van der Waals surface area (Å²) in [6.45, 7) is 3.47. The molecule has 0 radical (unpaired) electrons. The summed E-state index contributed by atoms with van der Waals surface area (Å²) in [4.78, 5) is 44.4. The normalized spacial score (nSPS) is 28.2. The van der Waals surface area contributed by atoms with Gasteiger partial charge in [-0.15, -0.1) is 6.58 Å². The smallest absolute Gasteiger partial charge is 0.394 e. The molecule has 1 aromatic rings. The summed E-state index contributed by atoms with van der Waals surface area (Å²) in [5.41, 5.74) is 6.14. The zero-order valence-corrected chi connectivity index (χ0v) is 19.8. The summed E-state index contributed by atoms with van der Waals surface area (Å²) in [7, 11) is -16.5. The molecule has 18 nitrogen and oxygen atoms in total. The third-order valence-corrected chi connectivity index (χ3v) is 8.26. The standard InChI is InChI=1S/C13H23N6O12P3/c1-2-3-28-7-4-9(29-8(7)5-20)19-6-15-10-11(14)16-13(17-12(10)19)18-32(21,22)30-34(26,27)31-33(23,24)25/h2,6-9,11,20H,1,3-5,14H2,(H,26,27)(H2,23,24,25)(H3,16,17,18,21,22)/t7-,8?,9-,11?/m1/s1. The lowest BCUT2D eigenvalue weighted by Gasteiger charge is -2.25. The van der Waals surface area contributed by atoms with Gasteiger partial charge in [0.15, 0.2) is 0 Å². The van der Waals surface area contributed by atoms with E-state index in [1.807, 2.05) is 0 Å². The highest BCUT2D eigenvalue weighted by Crippen LogP contribution is 2.64. The minimum atomic E-state index is -5.66. The van der Waals surface area contributed by atoms with Gasteiger partial charge in [-0.05, 0) is 0 Å². The largest absolute Gasteiger partial charge is 0.489 e. The Morgan fingerprint density at radius 2 is 2.03 bits per heavy atom. The zero-order chi connectivity index (χ0) is 25.3. The second kappa shape index (κ2) is 10.2. The number of aliphatic hydroxyl groups excluding tert-OH is 1. The summed E-state index contributed by atoms with van der Waals surface area (Å²) in [5.74, 6) is -0.324. The minimum absolute atomic E-state index is 0.176. The van der Waals surface area contributed by atoms with Crippen molar-refractivity contribution in [3.05, 3.63) is 24.7 Å². The number of aromatic nitrogens is 2. The number of hydrogen-bond acceptors (Lipinski definition) is 12. The van der Waals surface area contributed by atoms with E-state index in [0.717, 1.165) is 0 Å². The fourth-order valence-electron chi connectivity index (χ4n) is 3.19. The Morgan fingerprint density at radius 1 is 1.32 bits per heavy atom. The van der Waals surface area contributed by atoms with Crippen molar-refractivity contribution in [3.63, 3.8) is 0 Å². The monoisotopic (exact) mass is 548 g/mol. The van der Waals surface area contributed by atoms with Crippen molar-refractivity contribution < 1.29 is 56.5 Å². The molecule has 0 saturated carbocycles. The number of ether oxygens (including phenoxy) is 2. The number of rotatable bonds is 10. The van der Waals surface area contributed by atoms with Gasteiger partial charge < -0.3 is 45.2 Å². The van der Waals surface area contributed by atoms with Gasteiger partial charge in [0, 0.05) is 6.42 Å². The Labute approximate surface area is 191 Å². The number of guanidine groups is 1. The summed E-state index contributed by atoms with van der Waals surface area (Å²) < 4.78 is 54.8. The van der Waals surface area contributed by atoms with Crippen LogP contribution in [0.1, 0.15) is 24.5 Å². The van der Waals surface area contributed by atoms with Crippen molar-refractivity contribution in [2.75, 3.05) is 18.5 Å². The van der Waals surface area contributed by atoms with Gasteiger partial charge in [-0.25, -0.2) is 23.7 Å². The first kappa shape index (κ1) is 27.1. The van der Waals surface area contributed by atoms with Crippen molar-refractivity contribution >= 4 is 35.2 Å². The number of nitrogens with one attached hydrogen (secondary N) is 2. The van der Waals surface area contributed by atoms with Crippen LogP contribution >= 0.6 is 23.4 Å². The summed E-state index contributed by atoms with van der Waals surface area (Å²) in [5, 5.41) is 14.0. The van der Waals surface area contributed by atoms with Gasteiger partial charge in [0.2, 0.25) is 5.96 Å². The van der Waals surface area contributed by atoms with Crippen LogP contribution in [0.5, 0.6) is 0 Å². The molecule has 0 spiro atoms. The molecule has 34 heavy (non-hydrogen) atoms. The van der Waals surface area contributed by atoms with E-state index in [-0.39, 0.29) is 24.7 Å². The molecule has 9 N–H and O–H groups in total. The maximum atomic E-state index is 12.2. The van der Waals surface area contributed by atoms with Crippen LogP contribution in [0, 0.1) is 0 Å². The molecule has 0 amide bonds. The second-order valence-corrected chi connectivity index (χ2v) is 11.4.